The second-order valence-electron chi connectivity index (χ2n) is 7.21. The maximum Gasteiger partial charge on any atom is 0.410 e. The van der Waals surface area contributed by atoms with Crippen LogP contribution in [0.25, 0.3) is 0 Å². The molecule has 2 atom stereocenters. The first-order valence-corrected chi connectivity index (χ1v) is 8.05. The highest BCUT2D eigenvalue weighted by molar-refractivity contribution is 5.68. The lowest BCUT2D eigenvalue weighted by molar-refractivity contribution is 0.0290. The van der Waals surface area contributed by atoms with E-state index in [0.717, 1.165) is 13.0 Å². The molecule has 0 radical (unpaired) electrons. The van der Waals surface area contributed by atoms with Crippen LogP contribution >= 0.6 is 0 Å². The smallest absolute Gasteiger partial charge is 0.410 e. The highest BCUT2D eigenvalue weighted by Crippen LogP contribution is 2.19. The Hall–Kier alpha value is -1.55. The highest BCUT2D eigenvalue weighted by atomic mass is 16.6. The van der Waals surface area contributed by atoms with E-state index in [-0.39, 0.29) is 12.1 Å². The average molecular weight is 304 g/mol. The number of nitrogens with one attached hydrogen (secondary N) is 1. The van der Waals surface area contributed by atoms with Gasteiger partial charge in [0, 0.05) is 25.2 Å². The lowest BCUT2D eigenvalue weighted by atomic mass is 10.0. The van der Waals surface area contributed by atoms with Crippen molar-refractivity contribution in [2.45, 2.75) is 58.7 Å². The second-order valence-corrected chi connectivity index (χ2v) is 7.21. The summed E-state index contributed by atoms with van der Waals surface area (Å²) in [4.78, 5) is 13.9. The minimum Gasteiger partial charge on any atom is -0.444 e. The van der Waals surface area contributed by atoms with Crippen LogP contribution in [0.5, 0.6) is 0 Å². The van der Waals surface area contributed by atoms with Gasteiger partial charge in [0.1, 0.15) is 5.60 Å². The first-order valence-electron chi connectivity index (χ1n) is 8.05. The van der Waals surface area contributed by atoms with Crippen LogP contribution in [-0.4, -0.2) is 35.7 Å². The largest absolute Gasteiger partial charge is 0.444 e. The summed E-state index contributed by atoms with van der Waals surface area (Å²) in [7, 11) is 0. The van der Waals surface area contributed by atoms with Gasteiger partial charge in [0.25, 0.3) is 0 Å². The van der Waals surface area contributed by atoms with Gasteiger partial charge in [0.05, 0.1) is 0 Å². The monoisotopic (exact) mass is 304 g/mol. The summed E-state index contributed by atoms with van der Waals surface area (Å²) in [5.41, 5.74) is 2.13. The fourth-order valence-electron chi connectivity index (χ4n) is 2.78. The zero-order valence-electron chi connectivity index (χ0n) is 14.3. The van der Waals surface area contributed by atoms with Crippen molar-refractivity contribution in [1.82, 2.24) is 10.2 Å². The van der Waals surface area contributed by atoms with E-state index in [0.29, 0.717) is 12.6 Å². The van der Waals surface area contributed by atoms with Crippen molar-refractivity contribution in [3.8, 4) is 0 Å². The molecule has 4 nitrogen and oxygen atoms in total. The lowest BCUT2D eigenvalue weighted by Crippen LogP contribution is -2.39. The van der Waals surface area contributed by atoms with Gasteiger partial charge in [-0.2, -0.15) is 0 Å². The van der Waals surface area contributed by atoms with E-state index in [1.807, 2.05) is 20.8 Å². The van der Waals surface area contributed by atoms with Crippen LogP contribution in [0.4, 0.5) is 4.79 Å². The molecule has 1 aromatic carbocycles. The molecule has 4 heteroatoms. The summed E-state index contributed by atoms with van der Waals surface area (Å²) >= 11 is 0. The molecule has 0 bridgehead atoms. The van der Waals surface area contributed by atoms with E-state index in [2.05, 4.69) is 43.4 Å². The molecular weight excluding hydrogens is 276 g/mol. The zero-order chi connectivity index (χ0) is 16.3. The maximum absolute atomic E-state index is 12.1. The standard InChI is InChI=1S/C18H28N2O2/c1-13-7-6-8-15(11-13)14(2)19-16-9-10-20(12-16)17(21)22-18(3,4)5/h6-8,11,14,16,19H,9-10,12H2,1-5H3. The van der Waals surface area contributed by atoms with Crippen LogP contribution in [0.3, 0.4) is 0 Å². The van der Waals surface area contributed by atoms with Gasteiger partial charge in [-0.1, -0.05) is 29.8 Å². The molecule has 0 spiro atoms. The normalized spacial score (nSPS) is 20.0. The molecule has 0 aliphatic carbocycles. The van der Waals surface area contributed by atoms with E-state index in [1.165, 1.54) is 11.1 Å². The van der Waals surface area contributed by atoms with Gasteiger partial charge >= 0.3 is 6.09 Å². The molecule has 2 rings (SSSR count). The summed E-state index contributed by atoms with van der Waals surface area (Å²) < 4.78 is 5.43. The molecule has 1 N–H and O–H groups in total. The molecule has 1 heterocycles. The Morgan fingerprint density at radius 3 is 2.77 bits per heavy atom. The van der Waals surface area contributed by atoms with Crippen molar-refractivity contribution in [3.63, 3.8) is 0 Å². The SMILES string of the molecule is Cc1cccc(C(C)NC2CCN(C(=O)OC(C)(C)C)C2)c1. The number of carbonyl (C=O) groups is 1. The minimum atomic E-state index is -0.433. The summed E-state index contributed by atoms with van der Waals surface area (Å²) in [6.07, 6.45) is 0.759. The summed E-state index contributed by atoms with van der Waals surface area (Å²) in [6, 6.07) is 9.15. The molecule has 2 unspecified atom stereocenters. The number of benzene rings is 1. The summed E-state index contributed by atoms with van der Waals surface area (Å²) in [5.74, 6) is 0. The third kappa shape index (κ3) is 4.73. The molecule has 0 aromatic heterocycles. The molecule has 22 heavy (non-hydrogen) atoms. The topological polar surface area (TPSA) is 41.6 Å². The van der Waals surface area contributed by atoms with Crippen molar-refractivity contribution < 1.29 is 9.53 Å². The quantitative estimate of drug-likeness (QED) is 0.926. The predicted molar refractivity (Wildman–Crippen MR) is 88.9 cm³/mol. The van der Waals surface area contributed by atoms with E-state index in [1.54, 1.807) is 4.90 Å². The number of nitrogens with zero attached hydrogens (tertiary/aromatic N) is 1. The van der Waals surface area contributed by atoms with Crippen LogP contribution in [0, 0.1) is 6.92 Å². The Bertz CT molecular complexity index is 522. The second kappa shape index (κ2) is 6.69. The fraction of sp³-hybridized carbons (Fsp3) is 0.611. The first kappa shape index (κ1) is 16.8. The molecule has 1 aliphatic heterocycles. The number of hydrogen-bond acceptors (Lipinski definition) is 3. The lowest BCUT2D eigenvalue weighted by Gasteiger charge is -2.25. The average Bonchev–Trinajstić information content (AvgIpc) is 2.85. The van der Waals surface area contributed by atoms with Crippen molar-refractivity contribution in [2.75, 3.05) is 13.1 Å². The molecular formula is C18H28N2O2. The first-order chi connectivity index (χ1) is 10.2. The minimum absolute atomic E-state index is 0.208. The van der Waals surface area contributed by atoms with Gasteiger partial charge < -0.3 is 15.0 Å². The Balaban J connectivity index is 1.87. The van der Waals surface area contributed by atoms with Gasteiger partial charge in [0.2, 0.25) is 0 Å². The zero-order valence-corrected chi connectivity index (χ0v) is 14.3. The van der Waals surface area contributed by atoms with Crippen molar-refractivity contribution in [2.24, 2.45) is 0 Å². The van der Waals surface area contributed by atoms with Crippen LogP contribution in [0.15, 0.2) is 24.3 Å². The molecule has 1 fully saturated rings. The molecule has 122 valence electrons. The van der Waals surface area contributed by atoms with Gasteiger partial charge in [0.15, 0.2) is 0 Å². The molecule has 1 saturated heterocycles. The van der Waals surface area contributed by atoms with E-state index >= 15 is 0 Å². The van der Waals surface area contributed by atoms with E-state index < -0.39 is 5.60 Å². The molecule has 0 saturated carbocycles. The van der Waals surface area contributed by atoms with Crippen LogP contribution < -0.4 is 5.32 Å². The number of ether oxygens (including phenoxy) is 1. The van der Waals surface area contributed by atoms with Crippen LogP contribution in [0.1, 0.15) is 51.3 Å². The summed E-state index contributed by atoms with van der Waals surface area (Å²) in [5, 5.41) is 3.62. The Morgan fingerprint density at radius 2 is 2.14 bits per heavy atom. The Labute approximate surface area is 133 Å². The molecule has 1 aliphatic rings. The van der Waals surface area contributed by atoms with Crippen molar-refractivity contribution >= 4 is 6.09 Å². The number of aryl methyl sites for hydroxylation is 1. The number of carbonyl (C=O) groups excluding carboxylic acids is 1. The van der Waals surface area contributed by atoms with Crippen LogP contribution in [0.2, 0.25) is 0 Å². The number of hydrogen-bond donors (Lipinski definition) is 1. The summed E-state index contributed by atoms with van der Waals surface area (Å²) in [6.45, 7) is 11.4. The number of amides is 1. The predicted octanol–water partition coefficient (Wildman–Crippen LogP) is 3.66. The Morgan fingerprint density at radius 1 is 1.41 bits per heavy atom. The highest BCUT2D eigenvalue weighted by Gasteiger charge is 2.30. The van der Waals surface area contributed by atoms with Crippen LogP contribution in [-0.2, 0) is 4.74 Å². The van der Waals surface area contributed by atoms with Gasteiger partial charge in [-0.05, 0) is 46.6 Å². The van der Waals surface area contributed by atoms with Gasteiger partial charge in [-0.25, -0.2) is 4.79 Å². The third-order valence-electron chi connectivity index (χ3n) is 3.87. The number of likely N-dealkylation sites (tertiary alicyclic amines) is 1. The van der Waals surface area contributed by atoms with Crippen molar-refractivity contribution in [3.05, 3.63) is 35.4 Å². The Kier molecular flexibility index (Phi) is 5.12. The maximum atomic E-state index is 12.1. The van der Waals surface area contributed by atoms with E-state index in [9.17, 15) is 4.79 Å². The fourth-order valence-corrected chi connectivity index (χ4v) is 2.78. The molecule has 1 amide bonds. The van der Waals surface area contributed by atoms with Gasteiger partial charge in [-0.3, -0.25) is 0 Å². The third-order valence-corrected chi connectivity index (χ3v) is 3.87. The number of rotatable bonds is 3. The van der Waals surface area contributed by atoms with E-state index in [4.69, 9.17) is 4.74 Å². The van der Waals surface area contributed by atoms with Gasteiger partial charge in [-0.15, -0.1) is 0 Å². The molecule has 1 aromatic rings. The van der Waals surface area contributed by atoms with Crippen molar-refractivity contribution in [1.29, 1.82) is 0 Å².